The second-order valence-corrected chi connectivity index (χ2v) is 5.42. The van der Waals surface area contributed by atoms with E-state index in [1.165, 1.54) is 24.0 Å². The lowest BCUT2D eigenvalue weighted by Crippen LogP contribution is -1.98. The zero-order chi connectivity index (χ0) is 11.3. The predicted octanol–water partition coefficient (Wildman–Crippen LogP) is 5.12. The van der Waals surface area contributed by atoms with Gasteiger partial charge in [0.2, 0.25) is 0 Å². The molecule has 0 aliphatic rings. The molecule has 1 rings (SSSR count). The summed E-state index contributed by atoms with van der Waals surface area (Å²) in [6, 6.07) is 8.97. The molecule has 1 aromatic carbocycles. The molecule has 2 atom stereocenters. The monoisotopic (exact) mass is 268 g/mol. The Morgan fingerprint density at radius 1 is 1.13 bits per heavy atom. The van der Waals surface area contributed by atoms with Crippen LogP contribution >= 0.6 is 15.9 Å². The van der Waals surface area contributed by atoms with E-state index in [1.54, 1.807) is 0 Å². The summed E-state index contributed by atoms with van der Waals surface area (Å²) in [7, 11) is 0. The Bertz CT molecular complexity index is 276. The Morgan fingerprint density at radius 3 is 2.20 bits per heavy atom. The van der Waals surface area contributed by atoms with Crippen LogP contribution in [0.4, 0.5) is 0 Å². The quantitative estimate of drug-likeness (QED) is 0.651. The minimum absolute atomic E-state index is 0.512. The number of hydrogen-bond donors (Lipinski definition) is 0. The largest absolute Gasteiger partial charge is 0.0839 e. The number of rotatable bonds is 5. The number of aryl methyl sites for hydroxylation is 1. The number of hydrogen-bond acceptors (Lipinski definition) is 0. The van der Waals surface area contributed by atoms with Crippen molar-refractivity contribution in [1.29, 1.82) is 0 Å². The van der Waals surface area contributed by atoms with E-state index < -0.39 is 0 Å². The Kier molecular flexibility index (Phi) is 5.38. The van der Waals surface area contributed by atoms with Crippen LogP contribution in [-0.4, -0.2) is 0 Å². The number of halogens is 1. The van der Waals surface area contributed by atoms with Crippen LogP contribution in [-0.2, 0) is 6.42 Å². The molecular weight excluding hydrogens is 248 g/mol. The van der Waals surface area contributed by atoms with Crippen LogP contribution in [0.25, 0.3) is 0 Å². The molecule has 1 aromatic rings. The van der Waals surface area contributed by atoms with Gasteiger partial charge in [0.1, 0.15) is 0 Å². The molecule has 0 radical (unpaired) electrons. The zero-order valence-electron chi connectivity index (χ0n) is 9.96. The van der Waals surface area contributed by atoms with Crippen LogP contribution < -0.4 is 0 Å². The first-order chi connectivity index (χ1) is 7.17. The fraction of sp³-hybridized carbons (Fsp3) is 0.571. The summed E-state index contributed by atoms with van der Waals surface area (Å²) < 4.78 is 0. The number of benzene rings is 1. The van der Waals surface area contributed by atoms with Crippen molar-refractivity contribution in [2.24, 2.45) is 5.92 Å². The molecule has 0 N–H and O–H groups in total. The van der Waals surface area contributed by atoms with Crippen molar-refractivity contribution >= 4 is 15.9 Å². The molecule has 15 heavy (non-hydrogen) atoms. The molecule has 84 valence electrons. The van der Waals surface area contributed by atoms with Crippen molar-refractivity contribution in [1.82, 2.24) is 0 Å². The van der Waals surface area contributed by atoms with Crippen LogP contribution in [0, 0.1) is 5.92 Å². The van der Waals surface area contributed by atoms with Gasteiger partial charge in [-0.15, -0.1) is 0 Å². The van der Waals surface area contributed by atoms with Gasteiger partial charge in [0.15, 0.2) is 0 Å². The molecule has 0 nitrogen and oxygen atoms in total. The van der Waals surface area contributed by atoms with Crippen molar-refractivity contribution in [3.05, 3.63) is 35.4 Å². The second kappa shape index (κ2) is 6.32. The summed E-state index contributed by atoms with van der Waals surface area (Å²) in [6.45, 7) is 6.76. The van der Waals surface area contributed by atoms with Crippen LogP contribution in [0.2, 0.25) is 0 Å². The van der Waals surface area contributed by atoms with Gasteiger partial charge in [-0.1, -0.05) is 67.4 Å². The first kappa shape index (κ1) is 12.8. The van der Waals surface area contributed by atoms with E-state index >= 15 is 0 Å². The summed E-state index contributed by atoms with van der Waals surface area (Å²) in [5, 5.41) is 0. The smallest absolute Gasteiger partial charge is 0.0397 e. The highest BCUT2D eigenvalue weighted by Crippen LogP contribution is 2.30. The highest BCUT2D eigenvalue weighted by atomic mass is 79.9. The van der Waals surface area contributed by atoms with Crippen LogP contribution in [0.3, 0.4) is 0 Å². The standard InChI is InChI=1S/C14H21Br/c1-4-11(3)10-14(15)13-8-6-12(5-2)7-9-13/h6-9,11,14H,4-5,10H2,1-3H3. The fourth-order valence-electron chi connectivity index (χ4n) is 1.62. The van der Waals surface area contributed by atoms with E-state index in [-0.39, 0.29) is 0 Å². The third-order valence-corrected chi connectivity index (χ3v) is 3.96. The summed E-state index contributed by atoms with van der Waals surface area (Å²) in [6.07, 6.45) is 3.61. The van der Waals surface area contributed by atoms with Gasteiger partial charge in [0.25, 0.3) is 0 Å². The summed E-state index contributed by atoms with van der Waals surface area (Å²) in [4.78, 5) is 0.512. The first-order valence-electron chi connectivity index (χ1n) is 5.90. The third kappa shape index (κ3) is 3.98. The molecule has 0 aliphatic heterocycles. The molecule has 0 saturated heterocycles. The molecule has 0 fully saturated rings. The van der Waals surface area contributed by atoms with Gasteiger partial charge in [0, 0.05) is 4.83 Å². The van der Waals surface area contributed by atoms with E-state index in [2.05, 4.69) is 61.0 Å². The predicted molar refractivity (Wildman–Crippen MR) is 71.6 cm³/mol. The van der Waals surface area contributed by atoms with Gasteiger partial charge in [-0.3, -0.25) is 0 Å². The van der Waals surface area contributed by atoms with Crippen molar-refractivity contribution < 1.29 is 0 Å². The van der Waals surface area contributed by atoms with Crippen LogP contribution in [0.15, 0.2) is 24.3 Å². The van der Waals surface area contributed by atoms with E-state index in [9.17, 15) is 0 Å². The van der Waals surface area contributed by atoms with Crippen molar-refractivity contribution in [3.63, 3.8) is 0 Å². The third-order valence-electron chi connectivity index (χ3n) is 3.06. The van der Waals surface area contributed by atoms with Gasteiger partial charge < -0.3 is 0 Å². The summed E-state index contributed by atoms with van der Waals surface area (Å²) in [5.41, 5.74) is 2.83. The Labute approximate surface area is 102 Å². The average Bonchev–Trinajstić information content (AvgIpc) is 2.29. The summed E-state index contributed by atoms with van der Waals surface area (Å²) >= 11 is 3.77. The minimum Gasteiger partial charge on any atom is -0.0839 e. The highest BCUT2D eigenvalue weighted by molar-refractivity contribution is 9.09. The first-order valence-corrected chi connectivity index (χ1v) is 6.81. The molecule has 0 aliphatic carbocycles. The molecular formula is C14H21Br. The van der Waals surface area contributed by atoms with Crippen LogP contribution in [0.1, 0.15) is 49.6 Å². The lowest BCUT2D eigenvalue weighted by molar-refractivity contribution is 0.514. The molecule has 2 unspecified atom stereocenters. The highest BCUT2D eigenvalue weighted by Gasteiger charge is 2.10. The maximum absolute atomic E-state index is 3.77. The fourth-order valence-corrected chi connectivity index (χ4v) is 2.56. The Morgan fingerprint density at radius 2 is 1.73 bits per heavy atom. The topological polar surface area (TPSA) is 0 Å². The molecule has 0 aromatic heterocycles. The minimum atomic E-state index is 0.512. The van der Waals surface area contributed by atoms with Crippen molar-refractivity contribution in [2.45, 2.75) is 44.9 Å². The van der Waals surface area contributed by atoms with Gasteiger partial charge in [-0.05, 0) is 29.9 Å². The normalized spacial score (nSPS) is 14.9. The average molecular weight is 269 g/mol. The molecule has 0 spiro atoms. The van der Waals surface area contributed by atoms with Gasteiger partial charge >= 0.3 is 0 Å². The van der Waals surface area contributed by atoms with Gasteiger partial charge in [-0.2, -0.15) is 0 Å². The van der Waals surface area contributed by atoms with Gasteiger partial charge in [0.05, 0.1) is 0 Å². The maximum Gasteiger partial charge on any atom is 0.0397 e. The van der Waals surface area contributed by atoms with Crippen molar-refractivity contribution in [2.75, 3.05) is 0 Å². The van der Waals surface area contributed by atoms with E-state index in [4.69, 9.17) is 0 Å². The van der Waals surface area contributed by atoms with Crippen molar-refractivity contribution in [3.8, 4) is 0 Å². The lowest BCUT2D eigenvalue weighted by Gasteiger charge is -2.15. The molecule has 0 bridgehead atoms. The van der Waals surface area contributed by atoms with Gasteiger partial charge in [-0.25, -0.2) is 0 Å². The summed E-state index contributed by atoms with van der Waals surface area (Å²) in [5.74, 6) is 0.792. The lowest BCUT2D eigenvalue weighted by atomic mass is 9.98. The Hall–Kier alpha value is -0.300. The molecule has 0 saturated carbocycles. The van der Waals surface area contributed by atoms with Crippen LogP contribution in [0.5, 0.6) is 0 Å². The second-order valence-electron chi connectivity index (χ2n) is 4.31. The zero-order valence-corrected chi connectivity index (χ0v) is 11.5. The van der Waals surface area contributed by atoms with E-state index in [1.807, 2.05) is 0 Å². The van der Waals surface area contributed by atoms with E-state index in [0.29, 0.717) is 4.83 Å². The van der Waals surface area contributed by atoms with E-state index in [0.717, 1.165) is 12.3 Å². The molecule has 0 amide bonds. The maximum atomic E-state index is 3.77. The molecule has 0 heterocycles. The SMILES string of the molecule is CCc1ccc(C(Br)CC(C)CC)cc1. The Balaban J connectivity index is 2.61. The number of alkyl halides is 1. The molecule has 1 heteroatoms.